The van der Waals surface area contributed by atoms with Gasteiger partial charge in [-0.3, -0.25) is 9.69 Å². The zero-order valence-electron chi connectivity index (χ0n) is 17.3. The van der Waals surface area contributed by atoms with Crippen LogP contribution in [0, 0.1) is 0 Å². The molecule has 0 saturated carbocycles. The van der Waals surface area contributed by atoms with E-state index in [9.17, 15) is 22.8 Å². The fraction of sp³-hybridized carbons (Fsp3) is 0.524. The summed E-state index contributed by atoms with van der Waals surface area (Å²) in [5.41, 5.74) is -0.482. The lowest BCUT2D eigenvalue weighted by Gasteiger charge is -2.35. The van der Waals surface area contributed by atoms with Gasteiger partial charge in [0, 0.05) is 30.4 Å². The molecular weight excluding hydrogens is 385 g/mol. The van der Waals surface area contributed by atoms with Crippen molar-refractivity contribution in [3.05, 3.63) is 42.1 Å². The molecule has 1 unspecified atom stereocenters. The van der Waals surface area contributed by atoms with Gasteiger partial charge in [0.25, 0.3) is 0 Å². The number of anilines is 1. The standard InChI is InChI=1S/C19H21F3N2O3.C2H6/c1-17(2,3)27-16(26)23-10-8-18(9-11-23)12-24(15(25)19(20,21)22)14-7-5-4-6-13(14)18;1-2/h4-8,10H,9,11-12H2,1-3H3;1-2H3. The maximum atomic E-state index is 13.0. The Bertz CT molecular complexity index is 799. The van der Waals surface area contributed by atoms with Gasteiger partial charge >= 0.3 is 18.2 Å². The number of fused-ring (bicyclic) bond motifs is 2. The third kappa shape index (κ3) is 4.74. The number of carbonyl (C=O) groups excluding carboxylic acids is 2. The molecule has 5 nitrogen and oxygen atoms in total. The second-order valence-electron chi connectivity index (χ2n) is 7.80. The molecular formula is C21H27F3N2O3. The van der Waals surface area contributed by atoms with Crippen LogP contribution in [0.15, 0.2) is 36.5 Å². The Morgan fingerprint density at radius 3 is 2.24 bits per heavy atom. The predicted octanol–water partition coefficient (Wildman–Crippen LogP) is 5.01. The Kier molecular flexibility index (Phi) is 6.35. The molecule has 3 rings (SSSR count). The average molecular weight is 412 g/mol. The number of rotatable bonds is 0. The fourth-order valence-corrected chi connectivity index (χ4v) is 3.46. The first-order chi connectivity index (χ1) is 13.4. The third-order valence-corrected chi connectivity index (χ3v) is 4.66. The van der Waals surface area contributed by atoms with Crippen LogP contribution in [-0.4, -0.2) is 41.8 Å². The highest BCUT2D eigenvalue weighted by molar-refractivity contribution is 6.00. The van der Waals surface area contributed by atoms with E-state index in [0.717, 1.165) is 4.90 Å². The van der Waals surface area contributed by atoms with Gasteiger partial charge in [0.15, 0.2) is 0 Å². The third-order valence-electron chi connectivity index (χ3n) is 4.66. The van der Waals surface area contributed by atoms with E-state index in [-0.39, 0.29) is 18.8 Å². The van der Waals surface area contributed by atoms with Crippen LogP contribution < -0.4 is 4.90 Å². The topological polar surface area (TPSA) is 49.9 Å². The maximum absolute atomic E-state index is 13.0. The van der Waals surface area contributed by atoms with Crippen LogP contribution in [0.2, 0.25) is 0 Å². The largest absolute Gasteiger partial charge is 0.471 e. The van der Waals surface area contributed by atoms with Gasteiger partial charge in [-0.25, -0.2) is 4.79 Å². The highest BCUT2D eigenvalue weighted by Gasteiger charge is 2.51. The van der Waals surface area contributed by atoms with Crippen molar-refractivity contribution < 1.29 is 27.5 Å². The van der Waals surface area contributed by atoms with E-state index < -0.39 is 29.2 Å². The Balaban J connectivity index is 0.00000145. The molecule has 1 atom stereocenters. The number of hydrogen-bond acceptors (Lipinski definition) is 3. The lowest BCUT2D eigenvalue weighted by molar-refractivity contribution is -0.170. The Morgan fingerprint density at radius 2 is 1.72 bits per heavy atom. The minimum Gasteiger partial charge on any atom is -0.443 e. The van der Waals surface area contributed by atoms with Gasteiger partial charge in [0.1, 0.15) is 5.60 Å². The number of nitrogens with zero attached hydrogens (tertiary/aromatic N) is 2. The quantitative estimate of drug-likeness (QED) is 0.602. The number of amides is 2. The van der Waals surface area contributed by atoms with Crippen LogP contribution in [-0.2, 0) is 14.9 Å². The molecule has 0 radical (unpaired) electrons. The van der Waals surface area contributed by atoms with Crippen molar-refractivity contribution in [3.63, 3.8) is 0 Å². The molecule has 0 fully saturated rings. The van der Waals surface area contributed by atoms with E-state index in [1.807, 2.05) is 13.8 Å². The van der Waals surface area contributed by atoms with Crippen LogP contribution in [0.4, 0.5) is 23.7 Å². The summed E-state index contributed by atoms with van der Waals surface area (Å²) in [6, 6.07) is 6.58. The van der Waals surface area contributed by atoms with Gasteiger partial charge in [-0.1, -0.05) is 38.1 Å². The van der Waals surface area contributed by atoms with Crippen molar-refractivity contribution in [2.75, 3.05) is 18.0 Å². The monoisotopic (exact) mass is 412 g/mol. The Labute approximate surface area is 169 Å². The molecule has 2 aliphatic heterocycles. The molecule has 0 aliphatic carbocycles. The van der Waals surface area contributed by atoms with Crippen molar-refractivity contribution in [2.24, 2.45) is 0 Å². The van der Waals surface area contributed by atoms with Crippen LogP contribution in [0.3, 0.4) is 0 Å². The van der Waals surface area contributed by atoms with Crippen LogP contribution in [0.5, 0.6) is 0 Å². The number of halogens is 3. The van der Waals surface area contributed by atoms with Gasteiger partial charge in [-0.15, -0.1) is 0 Å². The molecule has 2 amide bonds. The number of hydrogen-bond donors (Lipinski definition) is 0. The number of carbonyl (C=O) groups is 2. The maximum Gasteiger partial charge on any atom is 0.471 e. The van der Waals surface area contributed by atoms with E-state index in [4.69, 9.17) is 4.74 Å². The molecule has 1 spiro atoms. The van der Waals surface area contributed by atoms with E-state index in [2.05, 4.69) is 0 Å². The smallest absolute Gasteiger partial charge is 0.443 e. The molecule has 0 bridgehead atoms. The van der Waals surface area contributed by atoms with Crippen molar-refractivity contribution in [1.29, 1.82) is 0 Å². The molecule has 29 heavy (non-hydrogen) atoms. The SMILES string of the molecule is CC.CC(C)(C)OC(=O)N1C=CC2(CC1)CN(C(=O)C(F)(F)F)c1ccccc12. The lowest BCUT2D eigenvalue weighted by atomic mass is 9.78. The predicted molar refractivity (Wildman–Crippen MR) is 105 cm³/mol. The number of ether oxygens (including phenoxy) is 1. The second-order valence-corrected chi connectivity index (χ2v) is 7.80. The number of para-hydroxylation sites is 1. The minimum atomic E-state index is -4.94. The summed E-state index contributed by atoms with van der Waals surface area (Å²) in [5.74, 6) is -1.88. The molecule has 0 N–H and O–H groups in total. The van der Waals surface area contributed by atoms with E-state index in [1.54, 1.807) is 45.0 Å². The molecule has 160 valence electrons. The van der Waals surface area contributed by atoms with E-state index in [0.29, 0.717) is 12.0 Å². The fourth-order valence-electron chi connectivity index (χ4n) is 3.46. The molecule has 1 aromatic carbocycles. The minimum absolute atomic E-state index is 0.108. The van der Waals surface area contributed by atoms with Gasteiger partial charge in [0.2, 0.25) is 0 Å². The first kappa shape index (κ1) is 22.8. The number of benzene rings is 1. The van der Waals surface area contributed by atoms with Crippen molar-refractivity contribution in [1.82, 2.24) is 4.90 Å². The van der Waals surface area contributed by atoms with Gasteiger partial charge in [-0.05, 0) is 38.8 Å². The van der Waals surface area contributed by atoms with Crippen LogP contribution in [0.1, 0.15) is 46.6 Å². The van der Waals surface area contributed by atoms with Gasteiger partial charge in [0.05, 0.1) is 0 Å². The highest BCUT2D eigenvalue weighted by atomic mass is 19.4. The van der Waals surface area contributed by atoms with Gasteiger partial charge in [-0.2, -0.15) is 13.2 Å². The van der Waals surface area contributed by atoms with Gasteiger partial charge < -0.3 is 9.64 Å². The summed E-state index contributed by atoms with van der Waals surface area (Å²) in [6.45, 7) is 9.45. The molecule has 2 heterocycles. The summed E-state index contributed by atoms with van der Waals surface area (Å²) in [7, 11) is 0. The van der Waals surface area contributed by atoms with Crippen molar-refractivity contribution in [2.45, 2.75) is 58.2 Å². The van der Waals surface area contributed by atoms with E-state index in [1.165, 1.54) is 17.2 Å². The molecule has 2 aliphatic rings. The molecule has 0 aromatic heterocycles. The normalized spacial score (nSPS) is 20.8. The summed E-state index contributed by atoms with van der Waals surface area (Å²) in [6.07, 6.45) is -1.83. The highest BCUT2D eigenvalue weighted by Crippen LogP contribution is 2.46. The Morgan fingerprint density at radius 1 is 1.10 bits per heavy atom. The first-order valence-corrected chi connectivity index (χ1v) is 9.60. The van der Waals surface area contributed by atoms with Crippen LogP contribution in [0.25, 0.3) is 0 Å². The van der Waals surface area contributed by atoms with Crippen LogP contribution >= 0.6 is 0 Å². The zero-order chi connectivity index (χ0) is 22.0. The Hall–Kier alpha value is -2.51. The second kappa shape index (κ2) is 8.08. The van der Waals surface area contributed by atoms with Crippen molar-refractivity contribution in [3.8, 4) is 0 Å². The average Bonchev–Trinajstić information content (AvgIpc) is 2.95. The molecule has 8 heteroatoms. The lowest BCUT2D eigenvalue weighted by Crippen LogP contribution is -2.46. The number of alkyl halides is 3. The summed E-state index contributed by atoms with van der Waals surface area (Å²) >= 11 is 0. The summed E-state index contributed by atoms with van der Waals surface area (Å²) in [5, 5.41) is 0. The zero-order valence-corrected chi connectivity index (χ0v) is 17.3. The summed E-state index contributed by atoms with van der Waals surface area (Å²) < 4.78 is 44.3. The first-order valence-electron chi connectivity index (χ1n) is 9.60. The summed E-state index contributed by atoms with van der Waals surface area (Å²) in [4.78, 5) is 26.3. The molecule has 1 aromatic rings. The van der Waals surface area contributed by atoms with E-state index >= 15 is 0 Å². The molecule has 0 saturated heterocycles. The van der Waals surface area contributed by atoms with Crippen molar-refractivity contribution >= 4 is 17.7 Å².